The Bertz CT molecular complexity index is 3570. The van der Waals surface area contributed by atoms with Crippen LogP contribution in [0.4, 0.5) is 17.1 Å². The summed E-state index contributed by atoms with van der Waals surface area (Å²) in [4.78, 5) is 2.34. The molecule has 2 heterocycles. The van der Waals surface area contributed by atoms with Gasteiger partial charge in [-0.05, 0) is 122 Å². The van der Waals surface area contributed by atoms with Gasteiger partial charge in [0.1, 0.15) is 11.2 Å². The van der Waals surface area contributed by atoms with E-state index in [-0.39, 0.29) is 0 Å². The second kappa shape index (κ2) is 14.5. The summed E-state index contributed by atoms with van der Waals surface area (Å²) in [6.45, 7) is 0. The molecule has 0 bridgehead atoms. The van der Waals surface area contributed by atoms with Gasteiger partial charge >= 0.3 is 0 Å². The zero-order valence-electron chi connectivity index (χ0n) is 33.1. The largest absolute Gasteiger partial charge is 0.456 e. The van der Waals surface area contributed by atoms with E-state index in [4.69, 9.17) is 4.42 Å². The molecule has 0 saturated carbocycles. The van der Waals surface area contributed by atoms with E-state index in [1.807, 2.05) is 23.5 Å². The predicted octanol–water partition coefficient (Wildman–Crippen LogP) is 17.2. The van der Waals surface area contributed by atoms with Crippen LogP contribution in [0.3, 0.4) is 0 Å². The first-order valence-electron chi connectivity index (χ1n) is 20.7. The molecule has 12 rings (SSSR count). The van der Waals surface area contributed by atoms with Gasteiger partial charge in [-0.1, -0.05) is 158 Å². The molecule has 0 spiro atoms. The second-order valence-corrected chi connectivity index (χ2v) is 16.7. The Morgan fingerprint density at radius 2 is 0.902 bits per heavy atom. The van der Waals surface area contributed by atoms with Crippen molar-refractivity contribution in [2.45, 2.75) is 0 Å². The Balaban J connectivity index is 0.921. The maximum Gasteiger partial charge on any atom is 0.136 e. The van der Waals surface area contributed by atoms with E-state index in [0.717, 1.165) is 33.6 Å². The predicted molar refractivity (Wildman–Crippen MR) is 261 cm³/mol. The third kappa shape index (κ3) is 6.09. The van der Waals surface area contributed by atoms with E-state index >= 15 is 0 Å². The van der Waals surface area contributed by atoms with Gasteiger partial charge in [0.2, 0.25) is 0 Å². The molecule has 0 fully saturated rings. The SMILES string of the molecule is c1ccc(-c2cc(-c3ccc4ccc5oc6ccccc6c5c4c3)ccc2-c2ccc(N(c3ccccc3)c3ccc(-c4cccc5c4sc4ccccc45)cc3)cc2)cc1. The highest BCUT2D eigenvalue weighted by atomic mass is 32.1. The average Bonchev–Trinajstić information content (AvgIpc) is 3.92. The number of furan rings is 1. The fourth-order valence-electron chi connectivity index (χ4n) is 9.13. The van der Waals surface area contributed by atoms with E-state index in [1.165, 1.54) is 80.8 Å². The maximum atomic E-state index is 6.26. The molecule has 61 heavy (non-hydrogen) atoms. The molecule has 12 aromatic rings. The summed E-state index contributed by atoms with van der Waals surface area (Å²) in [5.41, 5.74) is 14.7. The van der Waals surface area contributed by atoms with Crippen LogP contribution < -0.4 is 4.90 Å². The molecule has 0 atom stereocenters. The third-order valence-electron chi connectivity index (χ3n) is 12.1. The number of rotatable bonds is 7. The van der Waals surface area contributed by atoms with E-state index in [1.54, 1.807) is 0 Å². The zero-order chi connectivity index (χ0) is 40.3. The monoisotopic (exact) mass is 795 g/mol. The molecule has 286 valence electrons. The average molecular weight is 796 g/mol. The van der Waals surface area contributed by atoms with Crippen LogP contribution in [0.5, 0.6) is 0 Å². The molecule has 0 amide bonds. The fraction of sp³-hybridized carbons (Fsp3) is 0. The normalized spacial score (nSPS) is 11.6. The maximum absolute atomic E-state index is 6.26. The Labute approximate surface area is 357 Å². The van der Waals surface area contributed by atoms with E-state index in [2.05, 4.69) is 217 Å². The van der Waals surface area contributed by atoms with Crippen LogP contribution >= 0.6 is 11.3 Å². The van der Waals surface area contributed by atoms with Crippen molar-refractivity contribution in [2.24, 2.45) is 0 Å². The number of anilines is 3. The molecule has 0 N–H and O–H groups in total. The summed E-state index contributed by atoms with van der Waals surface area (Å²) in [6.07, 6.45) is 0. The summed E-state index contributed by atoms with van der Waals surface area (Å²) in [6, 6.07) is 81.1. The van der Waals surface area contributed by atoms with E-state index < -0.39 is 0 Å². The van der Waals surface area contributed by atoms with Crippen LogP contribution in [0.25, 0.3) is 97.4 Å². The molecule has 2 aromatic heterocycles. The van der Waals surface area contributed by atoms with Crippen molar-refractivity contribution in [1.29, 1.82) is 0 Å². The Morgan fingerprint density at radius 1 is 0.328 bits per heavy atom. The topological polar surface area (TPSA) is 16.4 Å². The molecule has 0 aliphatic heterocycles. The lowest BCUT2D eigenvalue weighted by Gasteiger charge is -2.26. The Morgan fingerprint density at radius 3 is 1.69 bits per heavy atom. The van der Waals surface area contributed by atoms with Crippen LogP contribution in [0.15, 0.2) is 229 Å². The van der Waals surface area contributed by atoms with Crippen LogP contribution in [0, 0.1) is 0 Å². The molecular formula is C58H37NOS. The van der Waals surface area contributed by atoms with Crippen molar-refractivity contribution in [2.75, 3.05) is 4.90 Å². The van der Waals surface area contributed by atoms with Crippen LogP contribution in [-0.2, 0) is 0 Å². The highest BCUT2D eigenvalue weighted by Crippen LogP contribution is 2.43. The quantitative estimate of drug-likeness (QED) is 0.160. The molecule has 0 radical (unpaired) electrons. The minimum absolute atomic E-state index is 0.915. The summed E-state index contributed by atoms with van der Waals surface area (Å²) >= 11 is 1.87. The number of benzene rings is 10. The smallest absolute Gasteiger partial charge is 0.136 e. The lowest BCUT2D eigenvalue weighted by Crippen LogP contribution is -2.09. The number of hydrogen-bond donors (Lipinski definition) is 0. The molecule has 3 heteroatoms. The number of nitrogens with zero attached hydrogens (tertiary/aromatic N) is 1. The summed E-state index contributed by atoms with van der Waals surface area (Å²) in [5.74, 6) is 0. The van der Waals surface area contributed by atoms with Gasteiger partial charge in [0.25, 0.3) is 0 Å². The first-order valence-corrected chi connectivity index (χ1v) is 21.6. The van der Waals surface area contributed by atoms with Gasteiger partial charge in [0, 0.05) is 48.0 Å². The number of thiophene rings is 1. The van der Waals surface area contributed by atoms with E-state index in [0.29, 0.717) is 0 Å². The molecule has 2 nitrogen and oxygen atoms in total. The lowest BCUT2D eigenvalue weighted by molar-refractivity contribution is 0.669. The number of hydrogen-bond acceptors (Lipinski definition) is 3. The lowest BCUT2D eigenvalue weighted by atomic mass is 9.90. The molecule has 0 aliphatic rings. The molecule has 0 aliphatic carbocycles. The standard InChI is InChI=1S/C58H37NOS/c1-3-12-38(13-4-1)52-36-43(42-23-22-41-29-35-55-57(53(41)37-42)51-17-7-9-20-54(51)60-55)28-34-47(52)39-24-30-45(31-25-39)59(44-14-5-2-6-15-44)46-32-26-40(27-33-46)48-18-11-19-50-49-16-8-10-21-56(49)61-58(48)50/h1-37H. The van der Waals surface area contributed by atoms with Crippen molar-refractivity contribution in [3.05, 3.63) is 224 Å². The van der Waals surface area contributed by atoms with Crippen molar-refractivity contribution in [1.82, 2.24) is 0 Å². The van der Waals surface area contributed by atoms with Crippen LogP contribution in [-0.4, -0.2) is 0 Å². The summed E-state index contributed by atoms with van der Waals surface area (Å²) < 4.78 is 8.91. The summed E-state index contributed by atoms with van der Waals surface area (Å²) in [5, 5.41) is 7.35. The van der Waals surface area contributed by atoms with Gasteiger partial charge in [-0.15, -0.1) is 11.3 Å². The van der Waals surface area contributed by atoms with Gasteiger partial charge in [0.15, 0.2) is 0 Å². The van der Waals surface area contributed by atoms with Crippen LogP contribution in [0.2, 0.25) is 0 Å². The summed E-state index contributed by atoms with van der Waals surface area (Å²) in [7, 11) is 0. The molecule has 0 unspecified atom stereocenters. The first kappa shape index (κ1) is 35.2. The van der Waals surface area contributed by atoms with Gasteiger partial charge in [-0.25, -0.2) is 0 Å². The molecule has 0 saturated heterocycles. The number of fused-ring (bicyclic) bond motifs is 8. The van der Waals surface area contributed by atoms with Gasteiger partial charge < -0.3 is 9.32 Å². The number of para-hydroxylation sites is 2. The Kier molecular flexibility index (Phi) is 8.39. The zero-order valence-corrected chi connectivity index (χ0v) is 33.9. The minimum atomic E-state index is 0.915. The third-order valence-corrected chi connectivity index (χ3v) is 13.3. The molecular weight excluding hydrogens is 759 g/mol. The highest BCUT2D eigenvalue weighted by molar-refractivity contribution is 7.26. The van der Waals surface area contributed by atoms with Gasteiger partial charge in [0.05, 0.1) is 0 Å². The van der Waals surface area contributed by atoms with Gasteiger partial charge in [-0.3, -0.25) is 0 Å². The minimum Gasteiger partial charge on any atom is -0.456 e. The second-order valence-electron chi connectivity index (χ2n) is 15.6. The van der Waals surface area contributed by atoms with E-state index in [9.17, 15) is 0 Å². The fourth-order valence-corrected chi connectivity index (χ4v) is 10.4. The van der Waals surface area contributed by atoms with Crippen molar-refractivity contribution in [3.8, 4) is 44.5 Å². The van der Waals surface area contributed by atoms with Crippen molar-refractivity contribution >= 4 is 81.3 Å². The first-order chi connectivity index (χ1) is 30.2. The van der Waals surface area contributed by atoms with Crippen molar-refractivity contribution in [3.63, 3.8) is 0 Å². The highest BCUT2D eigenvalue weighted by Gasteiger charge is 2.17. The van der Waals surface area contributed by atoms with Crippen LogP contribution in [0.1, 0.15) is 0 Å². The Hall–Kier alpha value is -7.72. The molecule has 10 aromatic carbocycles. The van der Waals surface area contributed by atoms with Gasteiger partial charge in [-0.2, -0.15) is 0 Å². The van der Waals surface area contributed by atoms with Crippen molar-refractivity contribution < 1.29 is 4.42 Å².